The third-order valence-electron chi connectivity index (χ3n) is 3.20. The lowest BCUT2D eigenvalue weighted by atomic mass is 10.1. The van der Waals surface area contributed by atoms with Gasteiger partial charge in [-0.05, 0) is 25.3 Å². The molecule has 3 heterocycles. The van der Waals surface area contributed by atoms with Crippen LogP contribution in [0.5, 0.6) is 0 Å². The summed E-state index contributed by atoms with van der Waals surface area (Å²) >= 11 is 1.60. The molecule has 0 aliphatic rings. The molecule has 3 aromatic heterocycles. The van der Waals surface area contributed by atoms with Gasteiger partial charge < -0.3 is 4.52 Å². The molecular formula is C13H14N4OS. The van der Waals surface area contributed by atoms with Gasteiger partial charge in [-0.25, -0.2) is 0 Å². The Labute approximate surface area is 114 Å². The van der Waals surface area contributed by atoms with Crippen LogP contribution in [0.1, 0.15) is 22.8 Å². The average molecular weight is 274 g/mol. The molecule has 0 atom stereocenters. The fourth-order valence-electron chi connectivity index (χ4n) is 2.06. The summed E-state index contributed by atoms with van der Waals surface area (Å²) in [6, 6.07) is 3.96. The highest BCUT2D eigenvalue weighted by atomic mass is 32.1. The number of aromatic nitrogens is 4. The molecule has 0 aliphatic carbocycles. The van der Waals surface area contributed by atoms with Gasteiger partial charge in [-0.1, -0.05) is 11.2 Å². The summed E-state index contributed by atoms with van der Waals surface area (Å²) in [7, 11) is 1.94. The Morgan fingerprint density at radius 3 is 2.84 bits per heavy atom. The second-order valence-corrected chi connectivity index (χ2v) is 5.39. The van der Waals surface area contributed by atoms with Gasteiger partial charge in [0.1, 0.15) is 0 Å². The summed E-state index contributed by atoms with van der Waals surface area (Å²) in [4.78, 5) is 5.46. The lowest BCUT2D eigenvalue weighted by Crippen LogP contribution is -1.95. The zero-order valence-corrected chi connectivity index (χ0v) is 11.9. The van der Waals surface area contributed by atoms with Crippen molar-refractivity contribution >= 4 is 11.3 Å². The predicted molar refractivity (Wildman–Crippen MR) is 73.1 cm³/mol. The number of nitrogens with zero attached hydrogens (tertiary/aromatic N) is 4. The van der Waals surface area contributed by atoms with E-state index in [9.17, 15) is 0 Å². The first kappa shape index (κ1) is 12.1. The highest BCUT2D eigenvalue weighted by Gasteiger charge is 2.15. The van der Waals surface area contributed by atoms with Gasteiger partial charge in [0.05, 0.1) is 17.0 Å². The molecule has 0 aliphatic heterocycles. The number of hydrogen-bond acceptors (Lipinski definition) is 5. The van der Waals surface area contributed by atoms with Gasteiger partial charge in [0, 0.05) is 18.3 Å². The van der Waals surface area contributed by atoms with Crippen LogP contribution in [0, 0.1) is 13.8 Å². The number of aryl methyl sites for hydroxylation is 2. The lowest BCUT2D eigenvalue weighted by molar-refractivity contribution is 0.385. The second-order valence-electron chi connectivity index (χ2n) is 4.44. The average Bonchev–Trinajstić information content (AvgIpc) is 3.08. The molecule has 0 N–H and O–H groups in total. The van der Waals surface area contributed by atoms with Crippen LogP contribution >= 0.6 is 11.3 Å². The smallest absolute Gasteiger partial charge is 0.231 e. The van der Waals surface area contributed by atoms with Crippen LogP contribution in [0.2, 0.25) is 0 Å². The van der Waals surface area contributed by atoms with Crippen molar-refractivity contribution in [1.82, 2.24) is 19.9 Å². The third kappa shape index (κ3) is 2.19. The molecule has 0 saturated carbocycles. The molecule has 0 unspecified atom stereocenters. The minimum atomic E-state index is 0.627. The minimum Gasteiger partial charge on any atom is -0.339 e. The van der Waals surface area contributed by atoms with Crippen molar-refractivity contribution < 1.29 is 4.52 Å². The molecular weight excluding hydrogens is 260 g/mol. The van der Waals surface area contributed by atoms with E-state index in [1.807, 2.05) is 43.1 Å². The molecule has 5 nitrogen and oxygen atoms in total. The van der Waals surface area contributed by atoms with Gasteiger partial charge in [-0.15, -0.1) is 11.3 Å². The van der Waals surface area contributed by atoms with Crippen LogP contribution in [-0.4, -0.2) is 19.9 Å². The Balaban J connectivity index is 1.88. The van der Waals surface area contributed by atoms with Crippen molar-refractivity contribution in [2.45, 2.75) is 20.3 Å². The van der Waals surface area contributed by atoms with Crippen LogP contribution in [0.15, 0.2) is 22.0 Å². The lowest BCUT2D eigenvalue weighted by Gasteiger charge is -1.97. The van der Waals surface area contributed by atoms with Gasteiger partial charge in [-0.2, -0.15) is 10.1 Å². The molecule has 0 radical (unpaired) electrons. The Morgan fingerprint density at radius 2 is 2.21 bits per heavy atom. The standard InChI is InChI=1S/C13H14N4OS/c1-8-10(9(2)17(3)15-8)7-12-14-13(16-18-12)11-5-4-6-19-11/h4-6H,7H2,1-3H3. The second kappa shape index (κ2) is 4.62. The molecule has 3 aromatic rings. The molecule has 6 heteroatoms. The van der Waals surface area contributed by atoms with Gasteiger partial charge in [0.25, 0.3) is 0 Å². The third-order valence-corrected chi connectivity index (χ3v) is 4.06. The quantitative estimate of drug-likeness (QED) is 0.737. The zero-order chi connectivity index (χ0) is 13.4. The maximum Gasteiger partial charge on any atom is 0.231 e. The largest absolute Gasteiger partial charge is 0.339 e. The SMILES string of the molecule is Cc1nn(C)c(C)c1Cc1nc(-c2cccs2)no1. The van der Waals surface area contributed by atoms with Crippen molar-refractivity contribution in [3.05, 3.63) is 40.4 Å². The van der Waals surface area contributed by atoms with Gasteiger partial charge >= 0.3 is 0 Å². The first-order chi connectivity index (χ1) is 9.15. The van der Waals surface area contributed by atoms with Gasteiger partial charge in [0.15, 0.2) is 0 Å². The van der Waals surface area contributed by atoms with E-state index in [0.717, 1.165) is 21.8 Å². The summed E-state index contributed by atoms with van der Waals surface area (Å²) < 4.78 is 7.20. The molecule has 98 valence electrons. The van der Waals surface area contributed by atoms with E-state index in [1.54, 1.807) is 11.3 Å². The van der Waals surface area contributed by atoms with Crippen LogP contribution in [0.3, 0.4) is 0 Å². The Bertz CT molecular complexity index is 696. The van der Waals surface area contributed by atoms with Crippen LogP contribution in [-0.2, 0) is 13.5 Å². The summed E-state index contributed by atoms with van der Waals surface area (Å²) in [5.41, 5.74) is 3.30. The van der Waals surface area contributed by atoms with Crippen molar-refractivity contribution in [3.63, 3.8) is 0 Å². The molecule has 0 bridgehead atoms. The molecule has 3 rings (SSSR count). The van der Waals surface area contributed by atoms with Crippen LogP contribution in [0.4, 0.5) is 0 Å². The van der Waals surface area contributed by atoms with E-state index >= 15 is 0 Å². The number of hydrogen-bond donors (Lipinski definition) is 0. The van der Waals surface area contributed by atoms with Gasteiger partial charge in [0.2, 0.25) is 11.7 Å². The number of rotatable bonds is 3. The van der Waals surface area contributed by atoms with E-state index in [1.165, 1.54) is 0 Å². The monoisotopic (exact) mass is 274 g/mol. The zero-order valence-electron chi connectivity index (χ0n) is 11.0. The molecule has 0 amide bonds. The normalized spacial score (nSPS) is 11.1. The summed E-state index contributed by atoms with van der Waals surface area (Å²) in [5.74, 6) is 1.28. The van der Waals surface area contributed by atoms with E-state index < -0.39 is 0 Å². The Kier molecular flexibility index (Phi) is 2.94. The van der Waals surface area contributed by atoms with Crippen molar-refractivity contribution in [2.75, 3.05) is 0 Å². The topological polar surface area (TPSA) is 56.7 Å². The summed E-state index contributed by atoms with van der Waals surface area (Å²) in [6.07, 6.45) is 0.629. The maximum absolute atomic E-state index is 5.32. The van der Waals surface area contributed by atoms with Crippen molar-refractivity contribution in [3.8, 4) is 10.7 Å². The van der Waals surface area contributed by atoms with E-state index in [4.69, 9.17) is 4.52 Å². The Hall–Kier alpha value is -1.95. The maximum atomic E-state index is 5.32. The van der Waals surface area contributed by atoms with Crippen molar-refractivity contribution in [2.24, 2.45) is 7.05 Å². The number of thiophene rings is 1. The van der Waals surface area contributed by atoms with Crippen LogP contribution < -0.4 is 0 Å². The van der Waals surface area contributed by atoms with Crippen LogP contribution in [0.25, 0.3) is 10.7 Å². The molecule has 0 aromatic carbocycles. The first-order valence-electron chi connectivity index (χ1n) is 6.00. The predicted octanol–water partition coefficient (Wildman–Crippen LogP) is 2.74. The molecule has 0 spiro atoms. The molecule has 19 heavy (non-hydrogen) atoms. The fourth-order valence-corrected chi connectivity index (χ4v) is 2.71. The minimum absolute atomic E-state index is 0.627. The molecule has 0 saturated heterocycles. The highest BCUT2D eigenvalue weighted by molar-refractivity contribution is 7.13. The Morgan fingerprint density at radius 1 is 1.37 bits per heavy atom. The van der Waals surface area contributed by atoms with E-state index in [-0.39, 0.29) is 0 Å². The fraction of sp³-hybridized carbons (Fsp3) is 0.308. The highest BCUT2D eigenvalue weighted by Crippen LogP contribution is 2.23. The van der Waals surface area contributed by atoms with Gasteiger partial charge in [-0.3, -0.25) is 4.68 Å². The van der Waals surface area contributed by atoms with Crippen molar-refractivity contribution in [1.29, 1.82) is 0 Å². The van der Waals surface area contributed by atoms with E-state index in [2.05, 4.69) is 15.2 Å². The molecule has 0 fully saturated rings. The summed E-state index contributed by atoms with van der Waals surface area (Å²) in [5, 5.41) is 10.4. The summed E-state index contributed by atoms with van der Waals surface area (Å²) in [6.45, 7) is 4.05. The first-order valence-corrected chi connectivity index (χ1v) is 6.88. The van der Waals surface area contributed by atoms with E-state index in [0.29, 0.717) is 18.1 Å².